The predicted octanol–water partition coefficient (Wildman–Crippen LogP) is 5.46. The number of aliphatic imine (C=N–C) groups is 1. The first-order valence-corrected chi connectivity index (χ1v) is 8.36. The highest BCUT2D eigenvalue weighted by atomic mass is 19.1. The van der Waals surface area contributed by atoms with Gasteiger partial charge >= 0.3 is 0 Å². The Balaban J connectivity index is 2.20. The fourth-order valence-corrected chi connectivity index (χ4v) is 2.85. The second-order valence-corrected chi connectivity index (χ2v) is 5.66. The van der Waals surface area contributed by atoms with Gasteiger partial charge in [-0.25, -0.2) is 9.38 Å². The predicted molar refractivity (Wildman–Crippen MR) is 103 cm³/mol. The zero-order chi connectivity index (χ0) is 18.4. The van der Waals surface area contributed by atoms with Crippen LogP contribution in [-0.2, 0) is 6.42 Å². The van der Waals surface area contributed by atoms with Gasteiger partial charge < -0.3 is 5.84 Å². The van der Waals surface area contributed by atoms with E-state index in [9.17, 15) is 4.39 Å². The summed E-state index contributed by atoms with van der Waals surface area (Å²) in [5, 5.41) is 7.35. The maximum atomic E-state index is 14.0. The van der Waals surface area contributed by atoms with Crippen molar-refractivity contribution in [2.75, 3.05) is 0 Å². The first-order chi connectivity index (χ1) is 12.7. The van der Waals surface area contributed by atoms with Gasteiger partial charge in [-0.15, -0.1) is 5.11 Å². The molecule has 0 aromatic heterocycles. The van der Waals surface area contributed by atoms with Crippen molar-refractivity contribution in [3.8, 4) is 11.1 Å². The van der Waals surface area contributed by atoms with Gasteiger partial charge in [-0.3, -0.25) is 0 Å². The third-order valence-corrected chi connectivity index (χ3v) is 4.09. The first kappa shape index (κ1) is 17.5. The van der Waals surface area contributed by atoms with E-state index >= 15 is 0 Å². The molecule has 0 bridgehead atoms. The lowest BCUT2D eigenvalue weighted by molar-refractivity contribution is 0.630. The molecule has 0 fully saturated rings. The second kappa shape index (κ2) is 8.16. The molecule has 0 saturated heterocycles. The molecule has 3 aromatic rings. The van der Waals surface area contributed by atoms with Gasteiger partial charge in [0.15, 0.2) is 5.84 Å². The Labute approximate surface area is 151 Å². The van der Waals surface area contributed by atoms with Crippen LogP contribution in [0.3, 0.4) is 0 Å². The van der Waals surface area contributed by atoms with E-state index in [1.807, 2.05) is 36.4 Å². The molecular formula is C21H19FN4. The van der Waals surface area contributed by atoms with Gasteiger partial charge in [-0.2, -0.15) is 0 Å². The summed E-state index contributed by atoms with van der Waals surface area (Å²) in [6.45, 7) is 2.11. The van der Waals surface area contributed by atoms with E-state index in [4.69, 9.17) is 5.84 Å². The third-order valence-electron chi connectivity index (χ3n) is 4.09. The Hall–Kier alpha value is -3.34. The molecule has 0 radical (unpaired) electrons. The Morgan fingerprint density at radius 1 is 0.885 bits per heavy atom. The molecule has 0 aliphatic carbocycles. The van der Waals surface area contributed by atoms with E-state index in [0.717, 1.165) is 23.1 Å². The summed E-state index contributed by atoms with van der Waals surface area (Å²) in [6, 6.07) is 22.1. The minimum Gasteiger partial charge on any atom is -0.305 e. The van der Waals surface area contributed by atoms with Crippen molar-refractivity contribution in [2.24, 2.45) is 21.2 Å². The number of nitrogens with zero attached hydrogens (tertiary/aromatic N) is 3. The topological polar surface area (TPSA) is 63.1 Å². The lowest BCUT2D eigenvalue weighted by atomic mass is 9.94. The Kier molecular flexibility index (Phi) is 5.49. The van der Waals surface area contributed by atoms with Crippen LogP contribution < -0.4 is 5.84 Å². The van der Waals surface area contributed by atoms with Crippen LogP contribution in [0.15, 0.2) is 88.1 Å². The van der Waals surface area contributed by atoms with Crippen molar-refractivity contribution < 1.29 is 4.39 Å². The quantitative estimate of drug-likeness (QED) is 0.220. The highest BCUT2D eigenvalue weighted by Crippen LogP contribution is 2.29. The molecule has 0 spiro atoms. The van der Waals surface area contributed by atoms with Crippen molar-refractivity contribution in [3.63, 3.8) is 0 Å². The Morgan fingerprint density at radius 3 is 2.27 bits per heavy atom. The van der Waals surface area contributed by atoms with Crippen molar-refractivity contribution in [1.82, 2.24) is 0 Å². The largest absolute Gasteiger partial charge is 0.305 e. The molecule has 3 aromatic carbocycles. The van der Waals surface area contributed by atoms with E-state index < -0.39 is 5.82 Å². The fraction of sp³-hybridized carbons (Fsp3) is 0.0952. The summed E-state index contributed by atoms with van der Waals surface area (Å²) >= 11 is 0. The highest BCUT2D eigenvalue weighted by molar-refractivity contribution is 6.06. The normalized spacial score (nSPS) is 11.8. The Bertz CT molecular complexity index is 963. The minimum atomic E-state index is -0.427. The van der Waals surface area contributed by atoms with Gasteiger partial charge in [0.05, 0.1) is 0 Å². The van der Waals surface area contributed by atoms with E-state index in [1.54, 1.807) is 18.2 Å². The van der Waals surface area contributed by atoms with Gasteiger partial charge in [-0.05, 0) is 35.2 Å². The summed E-state index contributed by atoms with van der Waals surface area (Å²) in [6.07, 6.45) is 0.892. The molecule has 5 heteroatoms. The zero-order valence-corrected chi connectivity index (χ0v) is 14.4. The number of aryl methyl sites for hydroxylation is 1. The van der Waals surface area contributed by atoms with Crippen molar-refractivity contribution in [2.45, 2.75) is 13.3 Å². The van der Waals surface area contributed by atoms with E-state index in [1.165, 1.54) is 11.6 Å². The molecular weight excluding hydrogens is 327 g/mol. The summed E-state index contributed by atoms with van der Waals surface area (Å²) in [5.74, 6) is 5.12. The van der Waals surface area contributed by atoms with Gasteiger partial charge in [0.1, 0.15) is 11.5 Å². The van der Waals surface area contributed by atoms with Crippen LogP contribution in [0.4, 0.5) is 10.1 Å². The van der Waals surface area contributed by atoms with Crippen molar-refractivity contribution in [3.05, 3.63) is 89.7 Å². The molecule has 0 unspecified atom stereocenters. The van der Waals surface area contributed by atoms with Crippen LogP contribution >= 0.6 is 0 Å². The van der Waals surface area contributed by atoms with E-state index in [0.29, 0.717) is 0 Å². The summed E-state index contributed by atoms with van der Waals surface area (Å²) in [5.41, 5.74) is 4.17. The number of hydrogen-bond donors (Lipinski definition) is 1. The standard InChI is InChI=1S/C21H19FN4/c1-2-15-9-3-4-10-16(15)17-11-5-6-12-18(17)21(25-26-23)24-20-14-8-7-13-19(20)22/h3-14H,2H2,1H3,(H2,23,24,25). The van der Waals surface area contributed by atoms with Crippen LogP contribution in [-0.4, -0.2) is 5.84 Å². The summed E-state index contributed by atoms with van der Waals surface area (Å²) in [7, 11) is 0. The number of halogens is 1. The zero-order valence-electron chi connectivity index (χ0n) is 14.4. The number of nitrogens with two attached hydrogens (primary N) is 1. The lowest BCUT2D eigenvalue weighted by Gasteiger charge is -2.12. The molecule has 3 rings (SSSR count). The van der Waals surface area contributed by atoms with Crippen LogP contribution in [0, 0.1) is 5.82 Å². The Morgan fingerprint density at radius 2 is 1.54 bits per heavy atom. The molecule has 0 aliphatic rings. The average Bonchev–Trinajstić information content (AvgIpc) is 2.69. The molecule has 2 N–H and O–H groups in total. The maximum absolute atomic E-state index is 14.0. The van der Waals surface area contributed by atoms with E-state index in [2.05, 4.69) is 34.4 Å². The van der Waals surface area contributed by atoms with Gasteiger partial charge in [0.2, 0.25) is 0 Å². The van der Waals surface area contributed by atoms with Crippen molar-refractivity contribution in [1.29, 1.82) is 0 Å². The highest BCUT2D eigenvalue weighted by Gasteiger charge is 2.14. The summed E-state index contributed by atoms with van der Waals surface area (Å²) < 4.78 is 14.0. The molecule has 4 nitrogen and oxygen atoms in total. The molecule has 0 atom stereocenters. The van der Waals surface area contributed by atoms with Crippen molar-refractivity contribution >= 4 is 11.5 Å². The van der Waals surface area contributed by atoms with Crippen LogP contribution in [0.2, 0.25) is 0 Å². The lowest BCUT2D eigenvalue weighted by Crippen LogP contribution is -2.02. The SMILES string of the molecule is CCc1ccccc1-c1ccccc1C(N=NN)=Nc1ccccc1F. The molecule has 0 saturated carbocycles. The molecule has 0 aliphatic heterocycles. The maximum Gasteiger partial charge on any atom is 0.184 e. The molecule has 26 heavy (non-hydrogen) atoms. The van der Waals surface area contributed by atoms with Crippen LogP contribution in [0.25, 0.3) is 11.1 Å². The third kappa shape index (κ3) is 3.67. The minimum absolute atomic E-state index is 0.188. The molecule has 0 amide bonds. The molecule has 0 heterocycles. The van der Waals surface area contributed by atoms with Gasteiger partial charge in [0.25, 0.3) is 0 Å². The van der Waals surface area contributed by atoms with E-state index in [-0.39, 0.29) is 11.5 Å². The number of amidine groups is 1. The summed E-state index contributed by atoms with van der Waals surface area (Å²) in [4.78, 5) is 4.36. The molecule has 130 valence electrons. The average molecular weight is 346 g/mol. The number of benzene rings is 3. The number of hydrogen-bond acceptors (Lipinski definition) is 2. The van der Waals surface area contributed by atoms with Crippen LogP contribution in [0.1, 0.15) is 18.1 Å². The fourth-order valence-electron chi connectivity index (χ4n) is 2.85. The van der Waals surface area contributed by atoms with Gasteiger partial charge in [0, 0.05) is 5.56 Å². The smallest absolute Gasteiger partial charge is 0.184 e. The van der Waals surface area contributed by atoms with Gasteiger partial charge in [-0.1, -0.05) is 72.8 Å². The first-order valence-electron chi connectivity index (χ1n) is 8.36. The second-order valence-electron chi connectivity index (χ2n) is 5.66. The number of para-hydroxylation sites is 1. The van der Waals surface area contributed by atoms with Crippen LogP contribution in [0.5, 0.6) is 0 Å². The number of rotatable bonds is 4. The monoisotopic (exact) mass is 346 g/mol.